The maximum atomic E-state index is 6.16. The van der Waals surface area contributed by atoms with Crippen molar-refractivity contribution in [2.45, 2.75) is 67.5 Å². The van der Waals surface area contributed by atoms with Gasteiger partial charge in [-0.1, -0.05) is 34.6 Å². The average Bonchev–Trinajstić information content (AvgIpc) is 2.38. The molecule has 0 bridgehead atoms. The Balaban J connectivity index is 5.50. The third kappa shape index (κ3) is 7.09. The minimum absolute atomic E-state index is 0.233. The fraction of sp³-hybridized carbons (Fsp3) is 1.00. The van der Waals surface area contributed by atoms with Gasteiger partial charge in [0.1, 0.15) is 0 Å². The molecule has 0 aromatic carbocycles. The number of rotatable bonds is 13. The van der Waals surface area contributed by atoms with Crippen LogP contribution in [0.25, 0.3) is 0 Å². The zero-order chi connectivity index (χ0) is 17.2. The van der Waals surface area contributed by atoms with Gasteiger partial charge in [0.2, 0.25) is 0 Å². The lowest BCUT2D eigenvalue weighted by Crippen LogP contribution is -2.63. The lowest BCUT2D eigenvalue weighted by molar-refractivity contribution is 0.0286. The second-order valence-corrected chi connectivity index (χ2v) is 9.31. The largest absolute Gasteiger partial charge is 0.519 e. The highest BCUT2D eigenvalue weighted by atomic mass is 28.4. The number of nitrogens with zero attached hydrogens (tertiary/aromatic N) is 1. The van der Waals surface area contributed by atoms with E-state index in [2.05, 4.69) is 39.5 Å². The van der Waals surface area contributed by atoms with Gasteiger partial charge in [-0.15, -0.1) is 0 Å². The van der Waals surface area contributed by atoms with E-state index >= 15 is 0 Å². The SMILES string of the molecule is CCO[Si](OCC)(OCC)C(CC)N(CC(C)C)CC(C)C. The molecule has 0 fully saturated rings. The zero-order valence-electron chi connectivity index (χ0n) is 16.1. The van der Waals surface area contributed by atoms with Crippen molar-refractivity contribution < 1.29 is 13.3 Å². The molecule has 5 heteroatoms. The van der Waals surface area contributed by atoms with Gasteiger partial charge in [-0.25, -0.2) is 0 Å². The molecule has 0 saturated carbocycles. The Hall–Kier alpha value is 0.0569. The predicted octanol–water partition coefficient (Wildman–Crippen LogP) is 3.97. The molecule has 0 rings (SSSR count). The molecule has 22 heavy (non-hydrogen) atoms. The Bertz CT molecular complexity index is 248. The van der Waals surface area contributed by atoms with Crippen molar-refractivity contribution in [2.24, 2.45) is 11.8 Å². The average molecular weight is 334 g/mol. The van der Waals surface area contributed by atoms with Crippen LogP contribution in [0.4, 0.5) is 0 Å². The lowest BCUT2D eigenvalue weighted by atomic mass is 10.1. The van der Waals surface area contributed by atoms with E-state index in [1.807, 2.05) is 20.8 Å². The van der Waals surface area contributed by atoms with Crippen molar-refractivity contribution in [3.8, 4) is 0 Å². The van der Waals surface area contributed by atoms with Crippen LogP contribution in [0.15, 0.2) is 0 Å². The third-order valence-electron chi connectivity index (χ3n) is 3.47. The van der Waals surface area contributed by atoms with Gasteiger partial charge < -0.3 is 13.3 Å². The molecule has 0 aliphatic rings. The van der Waals surface area contributed by atoms with E-state index in [9.17, 15) is 0 Å². The predicted molar refractivity (Wildman–Crippen MR) is 96.0 cm³/mol. The Morgan fingerprint density at radius 2 is 1.09 bits per heavy atom. The fourth-order valence-corrected chi connectivity index (χ4v) is 6.21. The zero-order valence-corrected chi connectivity index (χ0v) is 17.1. The van der Waals surface area contributed by atoms with Crippen LogP contribution in [-0.2, 0) is 13.3 Å². The molecule has 4 nitrogen and oxygen atoms in total. The highest BCUT2D eigenvalue weighted by Crippen LogP contribution is 2.24. The van der Waals surface area contributed by atoms with E-state index < -0.39 is 8.80 Å². The number of hydrogen-bond acceptors (Lipinski definition) is 4. The normalized spacial score (nSPS) is 14.3. The standard InChI is InChI=1S/C17H39NO3Si/c1-9-17(18(13-15(5)6)14-16(7)8)22(19-10-2,20-11-3)21-12-4/h15-17H,9-14H2,1-8H3. The summed E-state index contributed by atoms with van der Waals surface area (Å²) in [7, 11) is -2.70. The molecule has 0 aliphatic carbocycles. The summed E-state index contributed by atoms with van der Waals surface area (Å²) in [6, 6.07) is 0. The molecule has 0 amide bonds. The van der Waals surface area contributed by atoms with Gasteiger partial charge in [-0.2, -0.15) is 0 Å². The van der Waals surface area contributed by atoms with Gasteiger partial charge in [-0.3, -0.25) is 4.90 Å². The smallest absolute Gasteiger partial charge is 0.373 e. The van der Waals surface area contributed by atoms with Gasteiger partial charge in [0.25, 0.3) is 0 Å². The summed E-state index contributed by atoms with van der Waals surface area (Å²) in [6.45, 7) is 21.4. The third-order valence-corrected chi connectivity index (χ3v) is 7.13. The summed E-state index contributed by atoms with van der Waals surface area (Å²) < 4.78 is 18.5. The Kier molecular flexibility index (Phi) is 11.6. The van der Waals surface area contributed by atoms with Crippen LogP contribution in [-0.4, -0.2) is 52.3 Å². The van der Waals surface area contributed by atoms with Crippen molar-refractivity contribution >= 4 is 8.80 Å². The van der Waals surface area contributed by atoms with Crippen LogP contribution in [0.1, 0.15) is 61.8 Å². The van der Waals surface area contributed by atoms with Crippen molar-refractivity contribution in [3.05, 3.63) is 0 Å². The molecule has 134 valence electrons. The van der Waals surface area contributed by atoms with Gasteiger partial charge in [-0.05, 0) is 39.0 Å². The van der Waals surface area contributed by atoms with Crippen LogP contribution in [0.2, 0.25) is 0 Å². The van der Waals surface area contributed by atoms with Gasteiger partial charge in [0.05, 0.1) is 5.67 Å². The maximum Gasteiger partial charge on any atom is 0.519 e. The molecule has 0 aromatic heterocycles. The number of hydrogen-bond donors (Lipinski definition) is 0. The molecule has 1 atom stereocenters. The lowest BCUT2D eigenvalue weighted by Gasteiger charge is -2.42. The molecular weight excluding hydrogens is 294 g/mol. The summed E-state index contributed by atoms with van der Waals surface area (Å²) in [5.41, 5.74) is 0.233. The minimum Gasteiger partial charge on any atom is -0.373 e. The van der Waals surface area contributed by atoms with Crippen molar-refractivity contribution in [1.82, 2.24) is 4.90 Å². The summed E-state index contributed by atoms with van der Waals surface area (Å²) in [4.78, 5) is 2.54. The molecule has 0 saturated heterocycles. The quantitative estimate of drug-likeness (QED) is 0.477. The van der Waals surface area contributed by atoms with Crippen molar-refractivity contribution in [2.75, 3.05) is 32.9 Å². The molecule has 0 aromatic rings. The first kappa shape index (κ1) is 22.1. The maximum absolute atomic E-state index is 6.16. The molecule has 0 spiro atoms. The fourth-order valence-electron chi connectivity index (χ4n) is 3.02. The van der Waals surface area contributed by atoms with E-state index in [0.717, 1.165) is 19.5 Å². The van der Waals surface area contributed by atoms with E-state index in [0.29, 0.717) is 31.7 Å². The Morgan fingerprint density at radius 1 is 0.727 bits per heavy atom. The van der Waals surface area contributed by atoms with E-state index in [1.165, 1.54) is 0 Å². The van der Waals surface area contributed by atoms with E-state index in [4.69, 9.17) is 13.3 Å². The van der Waals surface area contributed by atoms with Crippen LogP contribution in [0.5, 0.6) is 0 Å². The highest BCUT2D eigenvalue weighted by Gasteiger charge is 2.51. The van der Waals surface area contributed by atoms with E-state index in [-0.39, 0.29) is 5.67 Å². The highest BCUT2D eigenvalue weighted by molar-refractivity contribution is 6.62. The van der Waals surface area contributed by atoms with Gasteiger partial charge >= 0.3 is 8.80 Å². The van der Waals surface area contributed by atoms with Gasteiger partial charge in [0.15, 0.2) is 0 Å². The van der Waals surface area contributed by atoms with Crippen LogP contribution < -0.4 is 0 Å². The molecule has 1 unspecified atom stereocenters. The second kappa shape index (κ2) is 11.6. The molecule has 0 N–H and O–H groups in total. The summed E-state index contributed by atoms with van der Waals surface area (Å²) in [5.74, 6) is 1.23. The Morgan fingerprint density at radius 3 is 1.32 bits per heavy atom. The summed E-state index contributed by atoms with van der Waals surface area (Å²) in [5, 5.41) is 0. The first-order valence-electron chi connectivity index (χ1n) is 9.02. The van der Waals surface area contributed by atoms with Crippen LogP contribution in [0, 0.1) is 11.8 Å². The van der Waals surface area contributed by atoms with Crippen LogP contribution in [0.3, 0.4) is 0 Å². The minimum atomic E-state index is -2.70. The summed E-state index contributed by atoms with van der Waals surface area (Å²) >= 11 is 0. The second-order valence-electron chi connectivity index (χ2n) is 6.57. The van der Waals surface area contributed by atoms with Gasteiger partial charge in [0, 0.05) is 32.9 Å². The molecule has 0 heterocycles. The molecular formula is C17H39NO3Si. The van der Waals surface area contributed by atoms with Crippen LogP contribution >= 0.6 is 0 Å². The topological polar surface area (TPSA) is 30.9 Å². The molecule has 0 aliphatic heterocycles. The summed E-state index contributed by atoms with van der Waals surface area (Å²) in [6.07, 6.45) is 0.992. The first-order valence-corrected chi connectivity index (χ1v) is 10.8. The monoisotopic (exact) mass is 333 g/mol. The van der Waals surface area contributed by atoms with E-state index in [1.54, 1.807) is 0 Å². The van der Waals surface area contributed by atoms with Crippen molar-refractivity contribution in [1.29, 1.82) is 0 Å². The molecule has 0 radical (unpaired) electrons. The van der Waals surface area contributed by atoms with Crippen molar-refractivity contribution in [3.63, 3.8) is 0 Å². The first-order chi connectivity index (χ1) is 10.4. The Labute approximate surface area is 139 Å².